The van der Waals surface area contributed by atoms with E-state index in [1.54, 1.807) is 48.5 Å². The van der Waals surface area contributed by atoms with Gasteiger partial charge < -0.3 is 9.84 Å². The molecule has 0 aliphatic rings. The molecule has 0 bridgehead atoms. The third-order valence-electron chi connectivity index (χ3n) is 1.93. The fraction of sp³-hybridized carbons (Fsp3) is 0.100. The number of nitrogens with zero attached hydrogens (tertiary/aromatic N) is 2. The molecule has 0 saturated heterocycles. The number of ether oxygens (including phenoxy) is 1. The highest BCUT2D eigenvalue weighted by atomic mass is 16.5. The van der Waals surface area contributed by atoms with Gasteiger partial charge in [-0.15, -0.1) is 0 Å². The van der Waals surface area contributed by atoms with E-state index in [4.69, 9.17) is 4.74 Å². The van der Waals surface area contributed by atoms with Crippen molar-refractivity contribution in [3.05, 3.63) is 36.7 Å². The number of phenols is 1. The monoisotopic (exact) mass is 190 g/mol. The highest BCUT2D eigenvalue weighted by Crippen LogP contribution is 2.25. The van der Waals surface area contributed by atoms with Gasteiger partial charge >= 0.3 is 0 Å². The number of rotatable bonds is 2. The average molecular weight is 190 g/mol. The lowest BCUT2D eigenvalue weighted by molar-refractivity contribution is 0.411. The Kier molecular flexibility index (Phi) is 2.10. The van der Waals surface area contributed by atoms with Crippen LogP contribution in [0.25, 0.3) is 5.69 Å². The van der Waals surface area contributed by atoms with Crippen LogP contribution < -0.4 is 4.74 Å². The van der Waals surface area contributed by atoms with Crippen molar-refractivity contribution in [3.8, 4) is 17.2 Å². The second-order valence-corrected chi connectivity index (χ2v) is 2.81. The van der Waals surface area contributed by atoms with Gasteiger partial charge in [0.1, 0.15) is 17.2 Å². The van der Waals surface area contributed by atoms with Crippen LogP contribution in [-0.2, 0) is 0 Å². The fourth-order valence-corrected chi connectivity index (χ4v) is 1.23. The predicted molar refractivity (Wildman–Crippen MR) is 51.8 cm³/mol. The first-order chi connectivity index (χ1) is 6.81. The van der Waals surface area contributed by atoms with Crippen molar-refractivity contribution < 1.29 is 9.84 Å². The van der Waals surface area contributed by atoms with Crippen LogP contribution in [0.3, 0.4) is 0 Å². The molecule has 1 N–H and O–H groups in total. The summed E-state index contributed by atoms with van der Waals surface area (Å²) in [6.07, 6.45) is 3.41. The van der Waals surface area contributed by atoms with Crippen LogP contribution in [0.2, 0.25) is 0 Å². The molecule has 0 spiro atoms. The maximum atomic E-state index is 9.59. The van der Waals surface area contributed by atoms with E-state index in [1.807, 2.05) is 0 Å². The molecule has 0 aliphatic carbocycles. The van der Waals surface area contributed by atoms with E-state index in [-0.39, 0.29) is 5.75 Å². The smallest absolute Gasteiger partial charge is 0.141 e. The number of aromatic hydroxyl groups is 1. The molecule has 0 radical (unpaired) electrons. The first-order valence-corrected chi connectivity index (χ1v) is 4.18. The maximum Gasteiger partial charge on any atom is 0.141 e. The summed E-state index contributed by atoms with van der Waals surface area (Å²) in [5.41, 5.74) is 0.606. The Labute approximate surface area is 81.4 Å². The summed E-state index contributed by atoms with van der Waals surface area (Å²) in [6.45, 7) is 0. The van der Waals surface area contributed by atoms with Gasteiger partial charge in [0.15, 0.2) is 0 Å². The van der Waals surface area contributed by atoms with Crippen LogP contribution in [0.5, 0.6) is 11.5 Å². The number of aromatic nitrogens is 2. The van der Waals surface area contributed by atoms with Gasteiger partial charge in [-0.05, 0) is 18.2 Å². The largest absolute Gasteiger partial charge is 0.506 e. The molecular weight excluding hydrogens is 180 g/mol. The summed E-state index contributed by atoms with van der Waals surface area (Å²) in [7, 11) is 1.58. The average Bonchev–Trinajstić information content (AvgIpc) is 2.71. The van der Waals surface area contributed by atoms with Crippen LogP contribution in [0, 0.1) is 0 Å². The summed E-state index contributed by atoms with van der Waals surface area (Å²) < 4.78 is 6.64. The molecule has 4 nitrogen and oxygen atoms in total. The van der Waals surface area contributed by atoms with Gasteiger partial charge in [0, 0.05) is 18.5 Å². The number of hydrogen-bond acceptors (Lipinski definition) is 3. The van der Waals surface area contributed by atoms with Gasteiger partial charge in [-0.2, -0.15) is 5.10 Å². The minimum Gasteiger partial charge on any atom is -0.506 e. The minimum absolute atomic E-state index is 0.175. The van der Waals surface area contributed by atoms with Crippen molar-refractivity contribution in [2.75, 3.05) is 7.11 Å². The summed E-state index contributed by atoms with van der Waals surface area (Å²) in [6, 6.07) is 6.79. The number of phenolic OH excluding ortho intramolecular Hbond substituents is 1. The van der Waals surface area contributed by atoms with Crippen LogP contribution in [-0.4, -0.2) is 22.0 Å². The fourth-order valence-electron chi connectivity index (χ4n) is 1.23. The van der Waals surface area contributed by atoms with Gasteiger partial charge in [0.25, 0.3) is 0 Å². The van der Waals surface area contributed by atoms with Crippen molar-refractivity contribution >= 4 is 0 Å². The lowest BCUT2D eigenvalue weighted by Crippen LogP contribution is -1.95. The standard InChI is InChI=1S/C10H10N2O2/c1-14-8-3-4-10(13)9(7-8)12-6-2-5-11-12/h2-7,13H,1H3. The van der Waals surface area contributed by atoms with E-state index < -0.39 is 0 Å². The number of methoxy groups -OCH3 is 1. The number of hydrogen-bond donors (Lipinski definition) is 1. The Morgan fingerprint density at radius 2 is 2.29 bits per heavy atom. The molecule has 0 unspecified atom stereocenters. The van der Waals surface area contributed by atoms with Crippen molar-refractivity contribution in [2.24, 2.45) is 0 Å². The molecule has 0 aliphatic heterocycles. The van der Waals surface area contributed by atoms with E-state index in [2.05, 4.69) is 5.10 Å². The van der Waals surface area contributed by atoms with E-state index in [1.165, 1.54) is 0 Å². The lowest BCUT2D eigenvalue weighted by atomic mass is 10.3. The van der Waals surface area contributed by atoms with Crippen LogP contribution >= 0.6 is 0 Å². The van der Waals surface area contributed by atoms with Crippen LogP contribution in [0.4, 0.5) is 0 Å². The molecular formula is C10H10N2O2. The first kappa shape index (κ1) is 8.62. The third-order valence-corrected chi connectivity index (χ3v) is 1.93. The molecule has 2 aromatic rings. The Balaban J connectivity index is 2.51. The molecule has 0 saturated carbocycles. The Bertz CT molecular complexity index is 424. The summed E-state index contributed by atoms with van der Waals surface area (Å²) >= 11 is 0. The molecule has 0 atom stereocenters. The third kappa shape index (κ3) is 1.42. The predicted octanol–water partition coefficient (Wildman–Crippen LogP) is 1.59. The van der Waals surface area contributed by atoms with Gasteiger partial charge in [0.2, 0.25) is 0 Å². The van der Waals surface area contributed by atoms with Gasteiger partial charge in [0.05, 0.1) is 7.11 Å². The van der Waals surface area contributed by atoms with Gasteiger partial charge in [-0.3, -0.25) is 0 Å². The molecule has 72 valence electrons. The molecule has 14 heavy (non-hydrogen) atoms. The Morgan fingerprint density at radius 1 is 1.43 bits per heavy atom. The lowest BCUT2D eigenvalue weighted by Gasteiger charge is -2.06. The minimum atomic E-state index is 0.175. The van der Waals surface area contributed by atoms with Crippen molar-refractivity contribution in [1.82, 2.24) is 9.78 Å². The SMILES string of the molecule is COc1ccc(O)c(-n2cccn2)c1. The zero-order chi connectivity index (χ0) is 9.97. The highest BCUT2D eigenvalue weighted by molar-refractivity contribution is 5.49. The zero-order valence-corrected chi connectivity index (χ0v) is 7.71. The highest BCUT2D eigenvalue weighted by Gasteiger charge is 2.04. The summed E-state index contributed by atoms with van der Waals surface area (Å²) in [4.78, 5) is 0. The van der Waals surface area contributed by atoms with Crippen molar-refractivity contribution in [1.29, 1.82) is 0 Å². The molecule has 1 aromatic carbocycles. The second-order valence-electron chi connectivity index (χ2n) is 2.81. The van der Waals surface area contributed by atoms with Crippen molar-refractivity contribution in [3.63, 3.8) is 0 Å². The summed E-state index contributed by atoms with van der Waals surface area (Å²) in [5.74, 6) is 0.864. The quantitative estimate of drug-likeness (QED) is 0.782. The molecule has 0 amide bonds. The normalized spacial score (nSPS) is 10.1. The van der Waals surface area contributed by atoms with E-state index in [0.29, 0.717) is 11.4 Å². The number of benzene rings is 1. The molecule has 0 fully saturated rings. The zero-order valence-electron chi connectivity index (χ0n) is 7.71. The van der Waals surface area contributed by atoms with Gasteiger partial charge in [-0.25, -0.2) is 4.68 Å². The molecule has 1 aromatic heterocycles. The van der Waals surface area contributed by atoms with E-state index in [0.717, 1.165) is 0 Å². The van der Waals surface area contributed by atoms with Gasteiger partial charge in [-0.1, -0.05) is 0 Å². The van der Waals surface area contributed by atoms with E-state index in [9.17, 15) is 5.11 Å². The Hall–Kier alpha value is -1.97. The molecule has 4 heteroatoms. The van der Waals surface area contributed by atoms with Crippen LogP contribution in [0.1, 0.15) is 0 Å². The first-order valence-electron chi connectivity index (χ1n) is 4.18. The second kappa shape index (κ2) is 3.41. The van der Waals surface area contributed by atoms with Crippen molar-refractivity contribution in [2.45, 2.75) is 0 Å². The molecule has 2 rings (SSSR count). The topological polar surface area (TPSA) is 47.3 Å². The maximum absolute atomic E-state index is 9.59. The van der Waals surface area contributed by atoms with E-state index >= 15 is 0 Å². The van der Waals surface area contributed by atoms with Crippen LogP contribution in [0.15, 0.2) is 36.7 Å². The molecule has 1 heterocycles. The summed E-state index contributed by atoms with van der Waals surface area (Å²) in [5, 5.41) is 13.6. The Morgan fingerprint density at radius 3 is 2.93 bits per heavy atom.